The van der Waals surface area contributed by atoms with E-state index in [4.69, 9.17) is 0 Å². The second kappa shape index (κ2) is 4.16. The Hall–Kier alpha value is -1.33. The molecule has 17 heavy (non-hydrogen) atoms. The number of fused-ring (bicyclic) bond motifs is 1. The van der Waals surface area contributed by atoms with Crippen LogP contribution in [0.1, 0.15) is 10.4 Å². The summed E-state index contributed by atoms with van der Waals surface area (Å²) in [6.45, 7) is 0.481. The molecule has 0 aromatic carbocycles. The number of Topliss-reactive ketones (excluding diaryl/α,β-unsaturated/α-hetero) is 1. The number of thioether (sulfide) groups is 1. The number of carbonyl (C=O) groups is 1. The van der Waals surface area contributed by atoms with E-state index in [1.165, 1.54) is 29.2 Å². The predicted molar refractivity (Wildman–Crippen MR) is 69.0 cm³/mol. The number of ketones is 1. The minimum atomic E-state index is -0.167. The highest BCUT2D eigenvalue weighted by atomic mass is 32.2. The molecule has 2 aromatic heterocycles. The number of nitrogens with zero attached hydrogens (tertiary/aromatic N) is 1. The number of hydrogen-bond acceptors (Lipinski definition) is 4. The molecule has 0 fully saturated rings. The van der Waals surface area contributed by atoms with E-state index < -0.39 is 0 Å². The molecule has 3 rings (SSSR count). The van der Waals surface area contributed by atoms with Gasteiger partial charge in [-0.1, -0.05) is 17.8 Å². The van der Waals surface area contributed by atoms with Crippen molar-refractivity contribution in [1.29, 1.82) is 0 Å². The SMILES string of the molecule is O=C(c1ccsc1)C1Cn2c(cccc2=O)S1. The quantitative estimate of drug-likeness (QED) is 0.780. The van der Waals surface area contributed by atoms with Gasteiger partial charge in [0.05, 0.1) is 10.3 Å². The first-order valence-corrected chi connectivity index (χ1v) is 7.01. The largest absolute Gasteiger partial charge is 0.302 e. The van der Waals surface area contributed by atoms with E-state index in [0.29, 0.717) is 6.54 Å². The third-order valence-corrected chi connectivity index (χ3v) is 4.65. The highest BCUT2D eigenvalue weighted by Gasteiger charge is 2.29. The van der Waals surface area contributed by atoms with E-state index >= 15 is 0 Å². The van der Waals surface area contributed by atoms with Crippen molar-refractivity contribution in [3.05, 3.63) is 50.9 Å². The molecule has 0 spiro atoms. The molecule has 1 aliphatic rings. The van der Waals surface area contributed by atoms with Crippen LogP contribution in [0.2, 0.25) is 0 Å². The van der Waals surface area contributed by atoms with Crippen LogP contribution in [0.15, 0.2) is 44.8 Å². The number of pyridine rings is 1. The maximum Gasteiger partial charge on any atom is 0.251 e. The van der Waals surface area contributed by atoms with Gasteiger partial charge >= 0.3 is 0 Å². The topological polar surface area (TPSA) is 39.1 Å². The van der Waals surface area contributed by atoms with Crippen LogP contribution in [0.5, 0.6) is 0 Å². The van der Waals surface area contributed by atoms with Crippen molar-refractivity contribution in [2.75, 3.05) is 0 Å². The summed E-state index contributed by atoms with van der Waals surface area (Å²) in [5, 5.41) is 4.46. The summed E-state index contributed by atoms with van der Waals surface area (Å²) >= 11 is 2.99. The fourth-order valence-corrected chi connectivity index (χ4v) is 3.71. The van der Waals surface area contributed by atoms with Crippen molar-refractivity contribution in [1.82, 2.24) is 4.57 Å². The first-order chi connectivity index (χ1) is 8.25. The first-order valence-electron chi connectivity index (χ1n) is 5.18. The van der Waals surface area contributed by atoms with E-state index in [1.54, 1.807) is 10.6 Å². The summed E-state index contributed by atoms with van der Waals surface area (Å²) in [5.41, 5.74) is 0.712. The van der Waals surface area contributed by atoms with Crippen molar-refractivity contribution >= 4 is 28.9 Å². The zero-order chi connectivity index (χ0) is 11.8. The zero-order valence-corrected chi connectivity index (χ0v) is 10.5. The Bertz CT molecular complexity index is 616. The van der Waals surface area contributed by atoms with E-state index in [2.05, 4.69) is 0 Å². The van der Waals surface area contributed by atoms with Crippen LogP contribution in [-0.2, 0) is 6.54 Å². The Morgan fingerprint density at radius 2 is 2.24 bits per heavy atom. The summed E-state index contributed by atoms with van der Waals surface area (Å²) in [7, 11) is 0. The number of aromatic nitrogens is 1. The Morgan fingerprint density at radius 3 is 2.94 bits per heavy atom. The predicted octanol–water partition coefficient (Wildman–Crippen LogP) is 2.27. The lowest BCUT2D eigenvalue weighted by atomic mass is 10.1. The number of hydrogen-bond donors (Lipinski definition) is 0. The third-order valence-electron chi connectivity index (χ3n) is 2.72. The highest BCUT2D eigenvalue weighted by Crippen LogP contribution is 2.32. The van der Waals surface area contributed by atoms with Crippen molar-refractivity contribution in [3.63, 3.8) is 0 Å². The maximum absolute atomic E-state index is 12.2. The van der Waals surface area contributed by atoms with E-state index in [9.17, 15) is 9.59 Å². The molecule has 3 heterocycles. The molecule has 0 radical (unpaired) electrons. The highest BCUT2D eigenvalue weighted by molar-refractivity contribution is 8.00. The number of carbonyl (C=O) groups excluding carboxylic acids is 1. The minimum Gasteiger partial charge on any atom is -0.302 e. The van der Waals surface area contributed by atoms with Crippen LogP contribution in [0.4, 0.5) is 0 Å². The average molecular weight is 263 g/mol. The third kappa shape index (κ3) is 1.85. The molecule has 5 heteroatoms. The maximum atomic E-state index is 12.2. The van der Waals surface area contributed by atoms with Gasteiger partial charge in [0.2, 0.25) is 0 Å². The molecule has 0 aliphatic carbocycles. The molecule has 0 amide bonds. The van der Waals surface area contributed by atoms with Gasteiger partial charge in [0.25, 0.3) is 5.56 Å². The van der Waals surface area contributed by atoms with Gasteiger partial charge in [-0.25, -0.2) is 0 Å². The normalized spacial score (nSPS) is 18.0. The molecule has 1 unspecified atom stereocenters. The fourth-order valence-electron chi connectivity index (χ4n) is 1.86. The Kier molecular flexibility index (Phi) is 2.64. The summed E-state index contributed by atoms with van der Waals surface area (Å²) in [4.78, 5) is 23.8. The van der Waals surface area contributed by atoms with Crippen LogP contribution < -0.4 is 5.56 Å². The van der Waals surface area contributed by atoms with Crippen LogP contribution in [0.25, 0.3) is 0 Å². The smallest absolute Gasteiger partial charge is 0.251 e. The van der Waals surface area contributed by atoms with Crippen LogP contribution in [-0.4, -0.2) is 15.6 Å². The molecule has 0 saturated carbocycles. The molecule has 2 aromatic rings. The molecule has 0 saturated heterocycles. The zero-order valence-electron chi connectivity index (χ0n) is 8.83. The van der Waals surface area contributed by atoms with Crippen molar-refractivity contribution in [2.24, 2.45) is 0 Å². The summed E-state index contributed by atoms with van der Waals surface area (Å²) < 4.78 is 1.67. The van der Waals surface area contributed by atoms with Gasteiger partial charge in [-0.2, -0.15) is 11.3 Å². The van der Waals surface area contributed by atoms with Crippen molar-refractivity contribution in [3.8, 4) is 0 Å². The second-order valence-corrected chi connectivity index (χ2v) is 5.80. The van der Waals surface area contributed by atoms with Crippen molar-refractivity contribution in [2.45, 2.75) is 16.8 Å². The first kappa shape index (κ1) is 10.8. The van der Waals surface area contributed by atoms with Gasteiger partial charge in [0.15, 0.2) is 5.78 Å². The van der Waals surface area contributed by atoms with Gasteiger partial charge < -0.3 is 4.57 Å². The van der Waals surface area contributed by atoms with Gasteiger partial charge in [0, 0.05) is 23.6 Å². The van der Waals surface area contributed by atoms with Gasteiger partial charge in [-0.05, 0) is 17.5 Å². The number of rotatable bonds is 2. The standard InChI is InChI=1S/C12H9NO2S2/c14-10-2-1-3-11-13(10)6-9(17-11)12(15)8-4-5-16-7-8/h1-5,7,9H,6H2. The van der Waals surface area contributed by atoms with Crippen molar-refractivity contribution < 1.29 is 4.79 Å². The molecule has 1 aliphatic heterocycles. The minimum absolute atomic E-state index is 0.0318. The van der Waals surface area contributed by atoms with Crippen LogP contribution in [0, 0.1) is 0 Å². The van der Waals surface area contributed by atoms with E-state index in [-0.39, 0.29) is 16.6 Å². The van der Waals surface area contributed by atoms with Gasteiger partial charge in [0.1, 0.15) is 0 Å². The lowest BCUT2D eigenvalue weighted by Gasteiger charge is -2.04. The van der Waals surface area contributed by atoms with Gasteiger partial charge in [-0.3, -0.25) is 9.59 Å². The summed E-state index contributed by atoms with van der Waals surface area (Å²) in [6, 6.07) is 6.98. The monoisotopic (exact) mass is 263 g/mol. The number of thiophene rings is 1. The lowest BCUT2D eigenvalue weighted by Crippen LogP contribution is -2.23. The molecule has 86 valence electrons. The summed E-state index contributed by atoms with van der Waals surface area (Å²) in [6.07, 6.45) is 0. The summed E-state index contributed by atoms with van der Waals surface area (Å²) in [5.74, 6) is 0.111. The molecule has 3 nitrogen and oxygen atoms in total. The Labute approximate surface area is 106 Å². The second-order valence-electron chi connectivity index (χ2n) is 3.80. The molecule has 0 bridgehead atoms. The molecular weight excluding hydrogens is 254 g/mol. The molecule has 0 N–H and O–H groups in total. The van der Waals surface area contributed by atoms with E-state index in [0.717, 1.165) is 10.6 Å². The molecular formula is C12H9NO2S2. The van der Waals surface area contributed by atoms with Crippen LogP contribution >= 0.6 is 23.1 Å². The molecule has 1 atom stereocenters. The lowest BCUT2D eigenvalue weighted by molar-refractivity contribution is 0.0986. The Morgan fingerprint density at radius 1 is 1.35 bits per heavy atom. The Balaban J connectivity index is 1.90. The van der Waals surface area contributed by atoms with E-state index in [1.807, 2.05) is 22.9 Å². The van der Waals surface area contributed by atoms with Crippen LogP contribution in [0.3, 0.4) is 0 Å². The average Bonchev–Trinajstić information content (AvgIpc) is 2.98. The fraction of sp³-hybridized carbons (Fsp3) is 0.167. The van der Waals surface area contributed by atoms with Gasteiger partial charge in [-0.15, -0.1) is 0 Å².